The van der Waals surface area contributed by atoms with Crippen molar-refractivity contribution in [1.29, 1.82) is 0 Å². The molecule has 0 saturated carbocycles. The van der Waals surface area contributed by atoms with E-state index in [1.165, 1.54) is 44.6 Å². The summed E-state index contributed by atoms with van der Waals surface area (Å²) in [7, 11) is 0. The number of nitrogens with one attached hydrogen (secondary N) is 1. The second-order valence-electron chi connectivity index (χ2n) is 6.98. The summed E-state index contributed by atoms with van der Waals surface area (Å²) in [5, 5.41) is 33.2. The molecule has 2 aromatic carbocycles. The summed E-state index contributed by atoms with van der Waals surface area (Å²) >= 11 is 0. The Bertz CT molecular complexity index is 868. The first kappa shape index (κ1) is 22.9. The molecule has 2 rings (SSSR count). The maximum Gasteiger partial charge on any atom is 0.348 e. The van der Waals surface area contributed by atoms with Crippen LogP contribution in [0, 0.1) is 20.2 Å². The minimum absolute atomic E-state index is 0.174. The molecule has 0 aliphatic heterocycles. The SMILES string of the molecule is CCCCCCCCCNc1ccc(/N=N/c2ccc([N+](=O)[O-])c([N+](=O)[O-])c2)cc1. The van der Waals surface area contributed by atoms with Gasteiger partial charge in [-0.25, -0.2) is 0 Å². The number of nitro groups is 2. The second kappa shape index (κ2) is 12.3. The van der Waals surface area contributed by atoms with Crippen LogP contribution in [0.3, 0.4) is 0 Å². The van der Waals surface area contributed by atoms with Crippen LogP contribution in [0.5, 0.6) is 0 Å². The molecule has 0 amide bonds. The average Bonchev–Trinajstić information content (AvgIpc) is 2.74. The summed E-state index contributed by atoms with van der Waals surface area (Å²) in [4.78, 5) is 20.3. The topological polar surface area (TPSA) is 123 Å². The lowest BCUT2D eigenvalue weighted by molar-refractivity contribution is -0.422. The van der Waals surface area contributed by atoms with E-state index in [1.54, 1.807) is 12.1 Å². The smallest absolute Gasteiger partial charge is 0.348 e. The van der Waals surface area contributed by atoms with Gasteiger partial charge in [0.15, 0.2) is 0 Å². The van der Waals surface area contributed by atoms with Crippen molar-refractivity contribution in [3.63, 3.8) is 0 Å². The number of azo groups is 1. The fourth-order valence-electron chi connectivity index (χ4n) is 2.95. The van der Waals surface area contributed by atoms with Crippen molar-refractivity contribution in [3.05, 3.63) is 62.7 Å². The summed E-state index contributed by atoms with van der Waals surface area (Å²) < 4.78 is 0. The third-order valence-electron chi connectivity index (χ3n) is 4.61. The number of unbranched alkanes of at least 4 members (excludes halogenated alkanes) is 6. The van der Waals surface area contributed by atoms with E-state index in [-0.39, 0.29) is 5.69 Å². The van der Waals surface area contributed by atoms with Gasteiger partial charge in [0.25, 0.3) is 0 Å². The highest BCUT2D eigenvalue weighted by molar-refractivity contribution is 5.60. The number of hydrogen-bond donors (Lipinski definition) is 1. The van der Waals surface area contributed by atoms with E-state index in [4.69, 9.17) is 0 Å². The Hall–Kier alpha value is -3.36. The van der Waals surface area contributed by atoms with Crippen LogP contribution in [0.25, 0.3) is 0 Å². The van der Waals surface area contributed by atoms with Gasteiger partial charge in [0.2, 0.25) is 0 Å². The Labute approximate surface area is 175 Å². The molecule has 0 aliphatic rings. The number of benzene rings is 2. The van der Waals surface area contributed by atoms with Gasteiger partial charge in [-0.05, 0) is 36.8 Å². The highest BCUT2D eigenvalue weighted by Gasteiger charge is 2.24. The molecule has 2 aromatic rings. The van der Waals surface area contributed by atoms with Gasteiger partial charge < -0.3 is 5.32 Å². The molecular weight excluding hydrogens is 386 g/mol. The molecule has 30 heavy (non-hydrogen) atoms. The number of nitrogens with zero attached hydrogens (tertiary/aromatic N) is 4. The molecule has 0 fully saturated rings. The molecular formula is C21H27N5O4. The van der Waals surface area contributed by atoms with Crippen molar-refractivity contribution >= 4 is 28.4 Å². The van der Waals surface area contributed by atoms with Crippen molar-refractivity contribution in [3.8, 4) is 0 Å². The third-order valence-corrected chi connectivity index (χ3v) is 4.61. The Morgan fingerprint density at radius 2 is 1.33 bits per heavy atom. The summed E-state index contributed by atoms with van der Waals surface area (Å²) in [6.07, 6.45) is 8.87. The zero-order chi connectivity index (χ0) is 21.8. The Morgan fingerprint density at radius 3 is 1.97 bits per heavy atom. The van der Waals surface area contributed by atoms with E-state index < -0.39 is 21.2 Å². The van der Waals surface area contributed by atoms with E-state index >= 15 is 0 Å². The first-order chi connectivity index (χ1) is 14.5. The maximum absolute atomic E-state index is 11.0. The molecule has 0 spiro atoms. The largest absolute Gasteiger partial charge is 0.385 e. The van der Waals surface area contributed by atoms with Crippen molar-refractivity contribution in [1.82, 2.24) is 0 Å². The van der Waals surface area contributed by atoms with Gasteiger partial charge in [-0.2, -0.15) is 10.2 Å². The van der Waals surface area contributed by atoms with E-state index in [0.717, 1.165) is 30.8 Å². The predicted molar refractivity (Wildman–Crippen MR) is 117 cm³/mol. The third kappa shape index (κ3) is 7.57. The van der Waals surface area contributed by atoms with Crippen LogP contribution in [0.1, 0.15) is 51.9 Å². The van der Waals surface area contributed by atoms with Gasteiger partial charge in [0.1, 0.15) is 0 Å². The lowest BCUT2D eigenvalue weighted by Gasteiger charge is -2.06. The summed E-state index contributed by atoms with van der Waals surface area (Å²) in [5.41, 5.74) is 0.563. The van der Waals surface area contributed by atoms with Gasteiger partial charge in [-0.3, -0.25) is 20.2 Å². The molecule has 0 aliphatic carbocycles. The van der Waals surface area contributed by atoms with Gasteiger partial charge in [0.05, 0.1) is 27.3 Å². The highest BCUT2D eigenvalue weighted by atomic mass is 16.6. The molecule has 0 aromatic heterocycles. The van der Waals surface area contributed by atoms with E-state index in [9.17, 15) is 20.2 Å². The molecule has 9 heteroatoms. The van der Waals surface area contributed by atoms with Crippen LogP contribution in [-0.2, 0) is 0 Å². The van der Waals surface area contributed by atoms with Crippen molar-refractivity contribution < 1.29 is 9.85 Å². The van der Waals surface area contributed by atoms with Crippen molar-refractivity contribution in [2.75, 3.05) is 11.9 Å². The zero-order valence-corrected chi connectivity index (χ0v) is 17.1. The summed E-state index contributed by atoms with van der Waals surface area (Å²) in [5.74, 6) is 0. The second-order valence-corrected chi connectivity index (χ2v) is 6.98. The van der Waals surface area contributed by atoms with Gasteiger partial charge in [-0.1, -0.05) is 45.4 Å². The number of nitro benzene ring substituents is 2. The lowest BCUT2D eigenvalue weighted by atomic mass is 10.1. The lowest BCUT2D eigenvalue weighted by Crippen LogP contribution is -2.00. The Kier molecular flexibility index (Phi) is 9.36. The fraction of sp³-hybridized carbons (Fsp3) is 0.429. The molecule has 0 bridgehead atoms. The van der Waals surface area contributed by atoms with Gasteiger partial charge >= 0.3 is 11.4 Å². The van der Waals surface area contributed by atoms with E-state index in [2.05, 4.69) is 22.5 Å². The fourth-order valence-corrected chi connectivity index (χ4v) is 2.95. The molecule has 0 radical (unpaired) electrons. The average molecular weight is 413 g/mol. The number of anilines is 1. The predicted octanol–water partition coefficient (Wildman–Crippen LogP) is 7.08. The molecule has 9 nitrogen and oxygen atoms in total. The van der Waals surface area contributed by atoms with Crippen LogP contribution in [-0.4, -0.2) is 16.4 Å². The molecule has 0 unspecified atom stereocenters. The number of hydrogen-bond acceptors (Lipinski definition) is 7. The Balaban J connectivity index is 1.84. The molecule has 0 heterocycles. The molecule has 0 saturated heterocycles. The quantitative estimate of drug-likeness (QED) is 0.163. The first-order valence-corrected chi connectivity index (χ1v) is 10.2. The van der Waals surface area contributed by atoms with E-state index in [1.807, 2.05) is 12.1 Å². The van der Waals surface area contributed by atoms with Crippen LogP contribution >= 0.6 is 0 Å². The normalized spacial score (nSPS) is 11.0. The van der Waals surface area contributed by atoms with Crippen LogP contribution in [0.4, 0.5) is 28.4 Å². The molecule has 0 atom stereocenters. The monoisotopic (exact) mass is 413 g/mol. The summed E-state index contributed by atoms with van der Waals surface area (Å²) in [6.45, 7) is 3.14. The summed E-state index contributed by atoms with van der Waals surface area (Å²) in [6, 6.07) is 10.8. The minimum atomic E-state index is -0.803. The highest BCUT2D eigenvalue weighted by Crippen LogP contribution is 2.31. The maximum atomic E-state index is 11.0. The van der Waals surface area contributed by atoms with Crippen LogP contribution in [0.15, 0.2) is 52.7 Å². The van der Waals surface area contributed by atoms with Gasteiger partial charge in [0, 0.05) is 18.3 Å². The zero-order valence-electron chi connectivity index (χ0n) is 17.1. The van der Waals surface area contributed by atoms with Crippen LogP contribution < -0.4 is 5.32 Å². The van der Waals surface area contributed by atoms with Gasteiger partial charge in [-0.15, -0.1) is 0 Å². The van der Waals surface area contributed by atoms with E-state index in [0.29, 0.717) is 5.69 Å². The standard InChI is InChI=1S/C21H27N5O4/c1-2-3-4-5-6-7-8-15-22-17-9-11-18(12-10-17)23-24-19-13-14-20(25(27)28)21(16-19)26(29)30/h9-14,16,22H,2-8,15H2,1H3/b24-23+. The Morgan fingerprint density at radius 1 is 0.767 bits per heavy atom. The number of rotatable bonds is 13. The minimum Gasteiger partial charge on any atom is -0.385 e. The van der Waals surface area contributed by atoms with Crippen molar-refractivity contribution in [2.45, 2.75) is 51.9 Å². The first-order valence-electron chi connectivity index (χ1n) is 10.2. The van der Waals surface area contributed by atoms with Crippen molar-refractivity contribution in [2.24, 2.45) is 10.2 Å². The molecule has 1 N–H and O–H groups in total. The van der Waals surface area contributed by atoms with Crippen LogP contribution in [0.2, 0.25) is 0 Å². The molecule has 160 valence electrons.